The molecule has 21 heavy (non-hydrogen) atoms. The zero-order valence-electron chi connectivity index (χ0n) is 12.4. The molecule has 0 aromatic heterocycles. The molecule has 0 heterocycles. The molecule has 112 valence electrons. The highest BCUT2D eigenvalue weighted by molar-refractivity contribution is 5.33. The average Bonchev–Trinajstić information content (AvgIpc) is 2.46. The van der Waals surface area contributed by atoms with Crippen LogP contribution in [0.1, 0.15) is 22.7 Å². The number of hydrogen-bond acceptors (Lipinski definition) is 2. The van der Waals surface area contributed by atoms with Crippen molar-refractivity contribution < 1.29 is 13.5 Å². The van der Waals surface area contributed by atoms with Gasteiger partial charge in [-0.05, 0) is 61.3 Å². The van der Waals surface area contributed by atoms with Gasteiger partial charge in [-0.25, -0.2) is 8.78 Å². The zero-order chi connectivity index (χ0) is 15.4. The summed E-state index contributed by atoms with van der Waals surface area (Å²) in [5, 5.41) is 3.17. The molecule has 0 spiro atoms. The van der Waals surface area contributed by atoms with Crippen molar-refractivity contribution in [2.75, 3.05) is 14.2 Å². The fourth-order valence-electron chi connectivity index (χ4n) is 2.39. The number of ether oxygens (including phenoxy) is 1. The molecule has 0 aliphatic rings. The third-order valence-electron chi connectivity index (χ3n) is 3.66. The van der Waals surface area contributed by atoms with Crippen LogP contribution in [0.3, 0.4) is 0 Å². The van der Waals surface area contributed by atoms with E-state index >= 15 is 0 Å². The van der Waals surface area contributed by atoms with Crippen molar-refractivity contribution >= 4 is 0 Å². The molecule has 0 fully saturated rings. The maximum absolute atomic E-state index is 13.8. The number of hydrogen-bond donors (Lipinski definition) is 1. The molecular weight excluding hydrogens is 272 g/mol. The largest absolute Gasteiger partial charge is 0.494 e. The molecule has 2 nitrogen and oxygen atoms in total. The standard InChI is InChI=1S/C17H19F2NO/c1-11-8-14(18)6-4-12(11)10-16(20-2)13-5-7-17(21-3)15(19)9-13/h4-9,16,20H,10H2,1-3H3. The summed E-state index contributed by atoms with van der Waals surface area (Å²) in [7, 11) is 3.27. The highest BCUT2D eigenvalue weighted by Crippen LogP contribution is 2.25. The summed E-state index contributed by atoms with van der Waals surface area (Å²) < 4.78 is 31.9. The minimum Gasteiger partial charge on any atom is -0.494 e. The number of aryl methyl sites for hydroxylation is 1. The van der Waals surface area contributed by atoms with E-state index in [1.54, 1.807) is 12.1 Å². The lowest BCUT2D eigenvalue weighted by Crippen LogP contribution is -2.19. The molecule has 1 N–H and O–H groups in total. The van der Waals surface area contributed by atoms with Gasteiger partial charge in [-0.1, -0.05) is 12.1 Å². The molecule has 0 bridgehead atoms. The molecule has 2 aromatic rings. The summed E-state index contributed by atoms with van der Waals surface area (Å²) in [5.41, 5.74) is 2.76. The Hall–Kier alpha value is -1.94. The monoisotopic (exact) mass is 291 g/mol. The maximum atomic E-state index is 13.8. The maximum Gasteiger partial charge on any atom is 0.165 e. The second-order valence-electron chi connectivity index (χ2n) is 5.01. The Bertz CT molecular complexity index is 628. The molecule has 0 aliphatic carbocycles. The highest BCUT2D eigenvalue weighted by Gasteiger charge is 2.14. The second-order valence-corrected chi connectivity index (χ2v) is 5.01. The van der Waals surface area contributed by atoms with Gasteiger partial charge in [-0.15, -0.1) is 0 Å². The van der Waals surface area contributed by atoms with Gasteiger partial charge in [-0.3, -0.25) is 0 Å². The van der Waals surface area contributed by atoms with Gasteiger partial charge in [0, 0.05) is 6.04 Å². The van der Waals surface area contributed by atoms with Crippen molar-refractivity contribution in [1.82, 2.24) is 5.32 Å². The third kappa shape index (κ3) is 3.58. The lowest BCUT2D eigenvalue weighted by Gasteiger charge is -2.18. The Morgan fingerprint density at radius 1 is 1.14 bits per heavy atom. The summed E-state index contributed by atoms with van der Waals surface area (Å²) in [4.78, 5) is 0. The average molecular weight is 291 g/mol. The van der Waals surface area contributed by atoms with Gasteiger partial charge >= 0.3 is 0 Å². The predicted molar refractivity (Wildman–Crippen MR) is 79.6 cm³/mol. The SMILES string of the molecule is CNC(Cc1ccc(F)cc1C)c1ccc(OC)c(F)c1. The fraction of sp³-hybridized carbons (Fsp3) is 0.294. The lowest BCUT2D eigenvalue weighted by atomic mass is 9.96. The molecular formula is C17H19F2NO. The van der Waals surface area contributed by atoms with Crippen molar-refractivity contribution in [2.45, 2.75) is 19.4 Å². The van der Waals surface area contributed by atoms with Gasteiger partial charge in [0.15, 0.2) is 11.6 Å². The summed E-state index contributed by atoms with van der Waals surface area (Å²) in [6, 6.07) is 9.61. The number of methoxy groups -OCH3 is 1. The Morgan fingerprint density at radius 3 is 2.48 bits per heavy atom. The Labute approximate surface area is 123 Å². The molecule has 2 rings (SSSR count). The number of halogens is 2. The molecule has 2 aromatic carbocycles. The predicted octanol–water partition coefficient (Wildman–Crippen LogP) is 3.79. The molecule has 1 atom stereocenters. The molecule has 0 amide bonds. The summed E-state index contributed by atoms with van der Waals surface area (Å²) in [6.45, 7) is 1.87. The van der Waals surface area contributed by atoms with Crippen molar-refractivity contribution in [2.24, 2.45) is 0 Å². The summed E-state index contributed by atoms with van der Waals surface area (Å²) in [6.07, 6.45) is 0.661. The molecule has 1 unspecified atom stereocenters. The number of benzene rings is 2. The Kier molecular flexibility index (Phi) is 4.91. The van der Waals surface area contributed by atoms with E-state index in [1.165, 1.54) is 25.3 Å². The van der Waals surface area contributed by atoms with Crippen LogP contribution in [0.4, 0.5) is 8.78 Å². The van der Waals surface area contributed by atoms with Gasteiger partial charge in [0.05, 0.1) is 7.11 Å². The van der Waals surface area contributed by atoms with Gasteiger partial charge in [0.1, 0.15) is 5.82 Å². The summed E-state index contributed by atoms with van der Waals surface area (Å²) >= 11 is 0. The molecule has 0 radical (unpaired) electrons. The van der Waals surface area contributed by atoms with E-state index < -0.39 is 0 Å². The smallest absolute Gasteiger partial charge is 0.165 e. The van der Waals surface area contributed by atoms with E-state index in [9.17, 15) is 8.78 Å². The van der Waals surface area contributed by atoms with Gasteiger partial charge in [0.2, 0.25) is 0 Å². The normalized spacial score (nSPS) is 12.2. The Morgan fingerprint density at radius 2 is 1.90 bits per heavy atom. The minimum absolute atomic E-state index is 0.0467. The molecule has 0 saturated heterocycles. The van der Waals surface area contributed by atoms with Crippen LogP contribution < -0.4 is 10.1 Å². The van der Waals surface area contributed by atoms with Gasteiger partial charge in [0.25, 0.3) is 0 Å². The van der Waals surface area contributed by atoms with Gasteiger partial charge in [-0.2, -0.15) is 0 Å². The molecule has 0 aliphatic heterocycles. The van der Waals surface area contributed by atoms with Crippen LogP contribution in [0.2, 0.25) is 0 Å². The van der Waals surface area contributed by atoms with Crippen LogP contribution in [-0.4, -0.2) is 14.2 Å². The van der Waals surface area contributed by atoms with Crippen LogP contribution in [0.5, 0.6) is 5.75 Å². The van der Waals surface area contributed by atoms with E-state index in [0.717, 1.165) is 16.7 Å². The van der Waals surface area contributed by atoms with Crippen LogP contribution in [0, 0.1) is 18.6 Å². The lowest BCUT2D eigenvalue weighted by molar-refractivity contribution is 0.385. The first-order valence-electron chi connectivity index (χ1n) is 6.81. The first-order chi connectivity index (χ1) is 10.0. The van der Waals surface area contributed by atoms with E-state index in [0.29, 0.717) is 6.42 Å². The fourth-order valence-corrected chi connectivity index (χ4v) is 2.39. The van der Waals surface area contributed by atoms with Crippen LogP contribution in [0.15, 0.2) is 36.4 Å². The van der Waals surface area contributed by atoms with Gasteiger partial charge < -0.3 is 10.1 Å². The van der Waals surface area contributed by atoms with Crippen molar-refractivity contribution in [3.05, 3.63) is 64.7 Å². The van der Waals surface area contributed by atoms with E-state index in [-0.39, 0.29) is 23.4 Å². The van der Waals surface area contributed by atoms with Crippen LogP contribution >= 0.6 is 0 Å². The van der Waals surface area contributed by atoms with E-state index in [4.69, 9.17) is 4.74 Å². The number of nitrogens with one attached hydrogen (secondary N) is 1. The molecule has 4 heteroatoms. The molecule has 0 saturated carbocycles. The van der Waals surface area contributed by atoms with Crippen molar-refractivity contribution in [3.8, 4) is 5.75 Å². The van der Waals surface area contributed by atoms with E-state index in [1.807, 2.05) is 20.0 Å². The number of rotatable bonds is 5. The first-order valence-corrected chi connectivity index (χ1v) is 6.81. The van der Waals surface area contributed by atoms with Crippen molar-refractivity contribution in [1.29, 1.82) is 0 Å². The quantitative estimate of drug-likeness (QED) is 0.905. The highest BCUT2D eigenvalue weighted by atomic mass is 19.1. The van der Waals surface area contributed by atoms with Crippen LogP contribution in [-0.2, 0) is 6.42 Å². The Balaban J connectivity index is 2.25. The second kappa shape index (κ2) is 6.68. The third-order valence-corrected chi connectivity index (χ3v) is 3.66. The van der Waals surface area contributed by atoms with Crippen LogP contribution in [0.25, 0.3) is 0 Å². The topological polar surface area (TPSA) is 21.3 Å². The zero-order valence-corrected chi connectivity index (χ0v) is 12.4. The van der Waals surface area contributed by atoms with E-state index in [2.05, 4.69) is 5.32 Å². The first kappa shape index (κ1) is 15.4. The minimum atomic E-state index is -0.383. The number of likely N-dealkylation sites (N-methyl/N-ethyl adjacent to an activating group) is 1. The van der Waals surface area contributed by atoms with Crippen molar-refractivity contribution in [3.63, 3.8) is 0 Å². The summed E-state index contributed by atoms with van der Waals surface area (Å²) in [5.74, 6) is -0.398.